The third-order valence-corrected chi connectivity index (χ3v) is 9.87. The minimum Gasteiger partial charge on any atom is -0.462 e. The van der Waals surface area contributed by atoms with Crippen LogP contribution in [0.15, 0.2) is 29.6 Å². The molecule has 5 atom stereocenters. The van der Waals surface area contributed by atoms with Crippen LogP contribution < -0.4 is 10.6 Å². The van der Waals surface area contributed by atoms with Crippen molar-refractivity contribution in [2.75, 3.05) is 6.54 Å². The molecular formula is C33H46N4O7S. The maximum Gasteiger partial charge on any atom is 0.309 e. The van der Waals surface area contributed by atoms with Crippen LogP contribution in [-0.4, -0.2) is 52.0 Å². The summed E-state index contributed by atoms with van der Waals surface area (Å²) < 4.78 is 11.5. The molecule has 2 N–H and O–H groups in total. The topological polar surface area (TPSA) is 150 Å². The van der Waals surface area contributed by atoms with Gasteiger partial charge in [-0.05, 0) is 56.6 Å². The Labute approximate surface area is 269 Å². The van der Waals surface area contributed by atoms with Gasteiger partial charge in [0.25, 0.3) is 11.6 Å². The van der Waals surface area contributed by atoms with Gasteiger partial charge < -0.3 is 20.1 Å². The summed E-state index contributed by atoms with van der Waals surface area (Å²) >= 11 is 1.27. The molecule has 12 heteroatoms. The number of non-ortho nitro benzene ring substituents is 1. The predicted octanol–water partition coefficient (Wildman–Crippen LogP) is 6.24. The van der Waals surface area contributed by atoms with Gasteiger partial charge in [-0.25, -0.2) is 4.98 Å². The second-order valence-electron chi connectivity index (χ2n) is 12.8. The fourth-order valence-electron chi connectivity index (χ4n) is 6.39. The number of hydrogen-bond donors (Lipinski definition) is 2. The first kappa shape index (κ1) is 34.5. The van der Waals surface area contributed by atoms with Crippen molar-refractivity contribution < 1.29 is 28.8 Å². The lowest BCUT2D eigenvalue weighted by Gasteiger charge is -2.26. The van der Waals surface area contributed by atoms with Gasteiger partial charge in [0.1, 0.15) is 16.8 Å². The molecule has 11 nitrogen and oxygen atoms in total. The lowest BCUT2D eigenvalue weighted by Crippen LogP contribution is -2.41. The van der Waals surface area contributed by atoms with Crippen molar-refractivity contribution in [2.24, 2.45) is 11.8 Å². The van der Waals surface area contributed by atoms with Gasteiger partial charge in [-0.2, -0.15) is 0 Å². The maximum absolute atomic E-state index is 13.7. The van der Waals surface area contributed by atoms with Gasteiger partial charge in [0.2, 0.25) is 0 Å². The number of rotatable bonds is 15. The molecule has 1 amide bonds. The third kappa shape index (κ3) is 9.09. The molecule has 2 saturated carbocycles. The maximum atomic E-state index is 13.7. The summed E-state index contributed by atoms with van der Waals surface area (Å²) in [5.74, 6) is -1.38. The molecular weight excluding hydrogens is 596 g/mol. The van der Waals surface area contributed by atoms with Crippen molar-refractivity contribution in [1.29, 1.82) is 0 Å². The summed E-state index contributed by atoms with van der Waals surface area (Å²) in [6.07, 6.45) is 5.79. The van der Waals surface area contributed by atoms with Crippen molar-refractivity contribution in [3.05, 3.63) is 56.0 Å². The zero-order valence-corrected chi connectivity index (χ0v) is 27.7. The van der Waals surface area contributed by atoms with E-state index in [0.717, 1.165) is 44.2 Å². The van der Waals surface area contributed by atoms with Crippen LogP contribution in [0.4, 0.5) is 5.69 Å². The highest BCUT2D eigenvalue weighted by molar-refractivity contribution is 7.09. The fraction of sp³-hybridized carbons (Fsp3) is 0.636. The Hall–Kier alpha value is -3.38. The molecule has 2 aliphatic carbocycles. The number of carbonyl (C=O) groups excluding carboxylic acids is 3. The Kier molecular flexibility index (Phi) is 11.7. The number of carbonyl (C=O) groups is 3. The average molecular weight is 643 g/mol. The smallest absolute Gasteiger partial charge is 0.309 e. The van der Waals surface area contributed by atoms with Gasteiger partial charge in [-0.3, -0.25) is 24.5 Å². The second kappa shape index (κ2) is 15.3. The molecule has 0 bridgehead atoms. The summed E-state index contributed by atoms with van der Waals surface area (Å²) in [4.78, 5) is 54.1. The average Bonchev–Trinajstić information content (AvgIpc) is 3.45. The molecule has 0 aliphatic heterocycles. The molecule has 4 rings (SSSR count). The molecule has 1 heterocycles. The number of esters is 2. The number of nitro benzene ring substituents is 1. The normalized spacial score (nSPS) is 21.9. The number of nitro groups is 1. The minimum atomic E-state index is -0.745. The molecule has 0 radical (unpaired) electrons. The highest BCUT2D eigenvalue weighted by Gasteiger charge is 2.57. The quantitative estimate of drug-likeness (QED) is 0.131. The third-order valence-electron chi connectivity index (χ3n) is 8.93. The number of nitrogens with zero attached hydrogens (tertiary/aromatic N) is 2. The van der Waals surface area contributed by atoms with Crippen molar-refractivity contribution in [3.63, 3.8) is 0 Å². The SMILES string of the molecule is CCN[C@H](C[C@@H](OC(C)=O)c1nc(C(=O)NC2(C[C@H](C)C(=O)OC3CCCCC3)C[C@H]2c2ccc([N+](=O)[O-])cc2)cs1)C(C)C. The van der Waals surface area contributed by atoms with Crippen molar-refractivity contribution in [1.82, 2.24) is 15.6 Å². The summed E-state index contributed by atoms with van der Waals surface area (Å²) in [7, 11) is 0. The molecule has 246 valence electrons. The number of amides is 1. The number of benzene rings is 1. The number of aromatic nitrogens is 1. The van der Waals surface area contributed by atoms with Crippen LogP contribution in [0.1, 0.15) is 119 Å². The molecule has 1 aromatic carbocycles. The summed E-state index contributed by atoms with van der Waals surface area (Å²) in [5.41, 5.74) is 0.309. The molecule has 45 heavy (non-hydrogen) atoms. The van der Waals surface area contributed by atoms with Gasteiger partial charge in [-0.15, -0.1) is 11.3 Å². The van der Waals surface area contributed by atoms with E-state index >= 15 is 0 Å². The van der Waals surface area contributed by atoms with Crippen LogP contribution in [-0.2, 0) is 19.1 Å². The van der Waals surface area contributed by atoms with Crippen LogP contribution in [0.5, 0.6) is 0 Å². The zero-order chi connectivity index (χ0) is 32.7. The van der Waals surface area contributed by atoms with E-state index in [1.54, 1.807) is 17.5 Å². The van der Waals surface area contributed by atoms with E-state index in [0.29, 0.717) is 30.2 Å². The van der Waals surface area contributed by atoms with Gasteiger partial charge in [-0.1, -0.05) is 46.2 Å². The fourth-order valence-corrected chi connectivity index (χ4v) is 7.23. The van der Waals surface area contributed by atoms with E-state index in [1.165, 1.54) is 30.4 Å². The number of hydrogen-bond acceptors (Lipinski definition) is 10. The van der Waals surface area contributed by atoms with E-state index in [4.69, 9.17) is 9.47 Å². The Bertz CT molecular complexity index is 1340. The Balaban J connectivity index is 1.52. The van der Waals surface area contributed by atoms with Crippen LogP contribution in [0.25, 0.3) is 0 Å². The summed E-state index contributed by atoms with van der Waals surface area (Å²) in [5, 5.41) is 20.0. The molecule has 1 unspecified atom stereocenters. The van der Waals surface area contributed by atoms with E-state index < -0.39 is 28.5 Å². The Morgan fingerprint density at radius 3 is 2.42 bits per heavy atom. The number of thiazole rings is 1. The summed E-state index contributed by atoms with van der Waals surface area (Å²) in [6, 6.07) is 6.43. The van der Waals surface area contributed by atoms with Crippen molar-refractivity contribution in [3.8, 4) is 0 Å². The largest absolute Gasteiger partial charge is 0.462 e. The van der Waals surface area contributed by atoms with Crippen molar-refractivity contribution >= 4 is 34.9 Å². The number of ether oxygens (including phenoxy) is 2. The van der Waals surface area contributed by atoms with Gasteiger partial charge in [0, 0.05) is 48.4 Å². The van der Waals surface area contributed by atoms with E-state index in [2.05, 4.69) is 29.5 Å². The first-order valence-corrected chi connectivity index (χ1v) is 16.9. The van der Waals surface area contributed by atoms with E-state index in [1.807, 2.05) is 13.8 Å². The zero-order valence-electron chi connectivity index (χ0n) is 26.9. The second-order valence-corrected chi connectivity index (χ2v) is 13.7. The lowest BCUT2D eigenvalue weighted by atomic mass is 9.94. The first-order valence-electron chi connectivity index (χ1n) is 16.1. The molecule has 2 fully saturated rings. The van der Waals surface area contributed by atoms with E-state index in [9.17, 15) is 24.5 Å². The predicted molar refractivity (Wildman–Crippen MR) is 171 cm³/mol. The Morgan fingerprint density at radius 2 is 1.82 bits per heavy atom. The molecule has 2 aromatic rings. The lowest BCUT2D eigenvalue weighted by molar-refractivity contribution is -0.384. The number of nitrogens with one attached hydrogen (secondary N) is 2. The molecule has 0 saturated heterocycles. The highest BCUT2D eigenvalue weighted by Crippen LogP contribution is 2.55. The standard InChI is InChI=1S/C33H46N4O7S/c1-6-34-27(20(2)3)16-29(43-22(5)38)31-35-28(19-45-31)30(39)36-33(17-21(4)32(40)44-25-10-8-7-9-11-25)18-26(33)23-12-14-24(15-13-23)37(41)42/h12-15,19-21,25-27,29,34H,6-11,16-18H2,1-5H3,(H,36,39)/t21-,26-,27+,29+,33?/m0/s1. The molecule has 2 aliphatic rings. The summed E-state index contributed by atoms with van der Waals surface area (Å²) in [6.45, 7) is 10.2. The van der Waals surface area contributed by atoms with Gasteiger partial charge in [0.15, 0.2) is 6.10 Å². The van der Waals surface area contributed by atoms with Gasteiger partial charge >= 0.3 is 11.9 Å². The van der Waals surface area contributed by atoms with Crippen LogP contribution in [0, 0.1) is 22.0 Å². The van der Waals surface area contributed by atoms with Crippen LogP contribution in [0.2, 0.25) is 0 Å². The minimum absolute atomic E-state index is 0.00959. The van der Waals surface area contributed by atoms with Crippen LogP contribution >= 0.6 is 11.3 Å². The van der Waals surface area contributed by atoms with Crippen LogP contribution in [0.3, 0.4) is 0 Å². The Morgan fingerprint density at radius 1 is 1.13 bits per heavy atom. The van der Waals surface area contributed by atoms with E-state index in [-0.39, 0.29) is 41.3 Å². The first-order chi connectivity index (χ1) is 21.4. The molecule has 0 spiro atoms. The van der Waals surface area contributed by atoms with Gasteiger partial charge in [0.05, 0.1) is 10.8 Å². The molecule has 1 aromatic heterocycles. The van der Waals surface area contributed by atoms with Crippen molar-refractivity contribution in [2.45, 2.75) is 116 Å². The highest BCUT2D eigenvalue weighted by atomic mass is 32.1. The monoisotopic (exact) mass is 642 g/mol.